The summed E-state index contributed by atoms with van der Waals surface area (Å²) < 4.78 is 2.00. The third kappa shape index (κ3) is 2.72. The Kier molecular flexibility index (Phi) is 4.35. The lowest BCUT2D eigenvalue weighted by Crippen LogP contribution is -2.47. The van der Waals surface area contributed by atoms with E-state index in [0.29, 0.717) is 23.7 Å². The molecule has 5 nitrogen and oxygen atoms in total. The normalized spacial score (nSPS) is 17.7. The van der Waals surface area contributed by atoms with Crippen LogP contribution in [0.2, 0.25) is 0 Å². The summed E-state index contributed by atoms with van der Waals surface area (Å²) >= 11 is 1.63. The third-order valence-corrected chi connectivity index (χ3v) is 5.45. The van der Waals surface area contributed by atoms with E-state index >= 15 is 0 Å². The van der Waals surface area contributed by atoms with Gasteiger partial charge in [0.05, 0.1) is 5.88 Å². The summed E-state index contributed by atoms with van der Waals surface area (Å²) in [6.07, 6.45) is 1.95. The number of thioether (sulfide) groups is 1. The Labute approximate surface area is 140 Å². The molecule has 1 aromatic carbocycles. The molecule has 2 amide bonds. The van der Waals surface area contributed by atoms with Crippen LogP contribution in [0.15, 0.2) is 30.5 Å². The maximum atomic E-state index is 13.0. The molecule has 1 aliphatic rings. The highest BCUT2D eigenvalue weighted by Crippen LogP contribution is 2.27. The Hall–Kier alpha value is -1.95. The van der Waals surface area contributed by atoms with Gasteiger partial charge in [0.15, 0.2) is 0 Å². The number of amides is 2. The van der Waals surface area contributed by atoms with Gasteiger partial charge in [-0.15, -0.1) is 11.8 Å². The van der Waals surface area contributed by atoms with E-state index in [4.69, 9.17) is 0 Å². The first-order valence-corrected chi connectivity index (χ1v) is 8.87. The van der Waals surface area contributed by atoms with E-state index < -0.39 is 0 Å². The maximum absolute atomic E-state index is 13.0. The van der Waals surface area contributed by atoms with E-state index in [0.717, 1.165) is 10.9 Å². The number of nitrogens with zero attached hydrogens (tertiary/aromatic N) is 3. The van der Waals surface area contributed by atoms with Crippen molar-refractivity contribution >= 4 is 34.5 Å². The second-order valence-corrected chi connectivity index (χ2v) is 6.81. The summed E-state index contributed by atoms with van der Waals surface area (Å²) in [5, 5.41) is 0.937. The number of aromatic nitrogens is 1. The molecule has 1 fully saturated rings. The van der Waals surface area contributed by atoms with E-state index in [1.165, 1.54) is 0 Å². The van der Waals surface area contributed by atoms with Crippen LogP contribution < -0.4 is 0 Å². The number of hydrogen-bond donors (Lipinski definition) is 0. The van der Waals surface area contributed by atoms with Gasteiger partial charge in [0.25, 0.3) is 5.91 Å². The summed E-state index contributed by atoms with van der Waals surface area (Å²) in [4.78, 5) is 28.9. The monoisotopic (exact) mass is 331 g/mol. The van der Waals surface area contributed by atoms with Gasteiger partial charge in [0.1, 0.15) is 6.04 Å². The number of carbonyl (C=O) groups is 2. The van der Waals surface area contributed by atoms with Crippen LogP contribution in [-0.2, 0) is 11.8 Å². The molecule has 0 N–H and O–H groups in total. The standard InChI is InChI=1S/C17H21N3O2S/c1-4-18(2)17(22)15-10-23-11-20(15)16(21)13-6-5-7-14-12(13)8-9-19(14)3/h5-9,15H,4,10-11H2,1-3H3/t15-/m0/s1. The van der Waals surface area contributed by atoms with Gasteiger partial charge in [-0.2, -0.15) is 0 Å². The van der Waals surface area contributed by atoms with Crippen molar-refractivity contribution < 1.29 is 9.59 Å². The second kappa shape index (κ2) is 6.28. The van der Waals surface area contributed by atoms with Gasteiger partial charge in [-0.3, -0.25) is 9.59 Å². The molecule has 2 aromatic rings. The summed E-state index contributed by atoms with van der Waals surface area (Å²) in [6.45, 7) is 2.59. The second-order valence-electron chi connectivity index (χ2n) is 5.81. The van der Waals surface area contributed by atoms with Gasteiger partial charge in [-0.1, -0.05) is 6.07 Å². The lowest BCUT2D eigenvalue weighted by molar-refractivity contribution is -0.133. The average Bonchev–Trinajstić information content (AvgIpc) is 3.20. The van der Waals surface area contributed by atoms with E-state index in [-0.39, 0.29) is 17.9 Å². The SMILES string of the molecule is CCN(C)C(=O)[C@@H]1CSCN1C(=O)c1cccc2c1ccn2C. The molecule has 3 rings (SSSR count). The number of carbonyl (C=O) groups excluding carboxylic acids is 2. The molecule has 1 atom stereocenters. The zero-order valence-electron chi connectivity index (χ0n) is 13.7. The summed E-state index contributed by atoms with van der Waals surface area (Å²) in [6, 6.07) is 7.34. The molecule has 0 radical (unpaired) electrons. The van der Waals surface area contributed by atoms with E-state index in [1.807, 2.05) is 49.0 Å². The molecule has 122 valence electrons. The molecule has 0 saturated carbocycles. The number of benzene rings is 1. The fourth-order valence-corrected chi connectivity index (χ4v) is 4.05. The van der Waals surface area contributed by atoms with Crippen molar-refractivity contribution in [3.63, 3.8) is 0 Å². The largest absolute Gasteiger partial charge is 0.351 e. The Morgan fingerprint density at radius 3 is 2.87 bits per heavy atom. The molecule has 23 heavy (non-hydrogen) atoms. The highest BCUT2D eigenvalue weighted by Gasteiger charge is 2.36. The Balaban J connectivity index is 1.93. The fraction of sp³-hybridized carbons (Fsp3) is 0.412. The van der Waals surface area contributed by atoms with Crippen LogP contribution in [0.25, 0.3) is 10.9 Å². The first kappa shape index (κ1) is 15.9. The lowest BCUT2D eigenvalue weighted by atomic mass is 10.1. The fourth-order valence-electron chi connectivity index (χ4n) is 2.90. The first-order valence-electron chi connectivity index (χ1n) is 7.72. The third-order valence-electron chi connectivity index (χ3n) is 4.44. The van der Waals surface area contributed by atoms with Gasteiger partial charge in [0.2, 0.25) is 5.91 Å². The zero-order valence-corrected chi connectivity index (χ0v) is 14.5. The van der Waals surface area contributed by atoms with Crippen molar-refractivity contribution in [2.45, 2.75) is 13.0 Å². The summed E-state index contributed by atoms with van der Waals surface area (Å²) in [5.41, 5.74) is 1.69. The van der Waals surface area contributed by atoms with Crippen LogP contribution in [0.5, 0.6) is 0 Å². The van der Waals surface area contributed by atoms with Crippen LogP contribution in [0.1, 0.15) is 17.3 Å². The predicted octanol–water partition coefficient (Wildman–Crippen LogP) is 2.17. The quantitative estimate of drug-likeness (QED) is 0.866. The van der Waals surface area contributed by atoms with Gasteiger partial charge in [-0.05, 0) is 25.1 Å². The number of likely N-dealkylation sites (N-methyl/N-ethyl adjacent to an activating group) is 1. The van der Waals surface area contributed by atoms with Gasteiger partial charge in [0, 0.05) is 49.1 Å². The number of aryl methyl sites for hydroxylation is 1. The molecule has 1 saturated heterocycles. The first-order chi connectivity index (χ1) is 11.0. The number of fused-ring (bicyclic) bond motifs is 1. The van der Waals surface area contributed by atoms with E-state index in [2.05, 4.69) is 0 Å². The van der Waals surface area contributed by atoms with Crippen LogP contribution in [0, 0.1) is 0 Å². The number of hydrogen-bond acceptors (Lipinski definition) is 3. The minimum absolute atomic E-state index is 0.0195. The smallest absolute Gasteiger partial charge is 0.255 e. The lowest BCUT2D eigenvalue weighted by Gasteiger charge is -2.27. The van der Waals surface area contributed by atoms with Gasteiger partial charge < -0.3 is 14.4 Å². The highest BCUT2D eigenvalue weighted by molar-refractivity contribution is 7.99. The van der Waals surface area contributed by atoms with Crippen molar-refractivity contribution in [1.29, 1.82) is 0 Å². The molecular formula is C17H21N3O2S. The Morgan fingerprint density at radius 2 is 2.13 bits per heavy atom. The van der Waals surface area contributed by atoms with Crippen LogP contribution in [0.4, 0.5) is 0 Å². The van der Waals surface area contributed by atoms with E-state index in [9.17, 15) is 9.59 Å². The van der Waals surface area contributed by atoms with Crippen molar-refractivity contribution in [2.24, 2.45) is 7.05 Å². The average molecular weight is 331 g/mol. The molecule has 0 aliphatic carbocycles. The molecular weight excluding hydrogens is 310 g/mol. The molecule has 0 bridgehead atoms. The predicted molar refractivity (Wildman–Crippen MR) is 93.5 cm³/mol. The van der Waals surface area contributed by atoms with E-state index in [1.54, 1.807) is 28.6 Å². The van der Waals surface area contributed by atoms with Gasteiger partial charge >= 0.3 is 0 Å². The van der Waals surface area contributed by atoms with Crippen LogP contribution in [0.3, 0.4) is 0 Å². The molecule has 2 heterocycles. The number of rotatable bonds is 3. The topological polar surface area (TPSA) is 45.6 Å². The minimum Gasteiger partial charge on any atom is -0.351 e. The summed E-state index contributed by atoms with van der Waals surface area (Å²) in [7, 11) is 3.75. The van der Waals surface area contributed by atoms with Crippen molar-refractivity contribution in [2.75, 3.05) is 25.2 Å². The summed E-state index contributed by atoms with van der Waals surface area (Å²) in [5.74, 6) is 1.19. The van der Waals surface area contributed by atoms with Crippen LogP contribution in [-0.4, -0.2) is 57.4 Å². The van der Waals surface area contributed by atoms with Gasteiger partial charge in [-0.25, -0.2) is 0 Å². The Morgan fingerprint density at radius 1 is 1.35 bits per heavy atom. The minimum atomic E-state index is -0.364. The van der Waals surface area contributed by atoms with Crippen molar-refractivity contribution in [3.8, 4) is 0 Å². The maximum Gasteiger partial charge on any atom is 0.255 e. The highest BCUT2D eigenvalue weighted by atomic mass is 32.2. The van der Waals surface area contributed by atoms with Crippen molar-refractivity contribution in [3.05, 3.63) is 36.0 Å². The molecule has 1 aliphatic heterocycles. The molecule has 6 heteroatoms. The molecule has 0 unspecified atom stereocenters. The molecule has 1 aromatic heterocycles. The zero-order chi connectivity index (χ0) is 16.6. The Bertz CT molecular complexity index is 755. The molecule has 0 spiro atoms. The van der Waals surface area contributed by atoms with Crippen LogP contribution >= 0.6 is 11.8 Å². The van der Waals surface area contributed by atoms with Crippen molar-refractivity contribution in [1.82, 2.24) is 14.4 Å².